The molecule has 7 heteroatoms. The van der Waals surface area contributed by atoms with Crippen LogP contribution in [0.25, 0.3) is 11.5 Å². The van der Waals surface area contributed by atoms with Crippen LogP contribution in [-0.4, -0.2) is 41.7 Å². The number of carboxylic acid groups (broad SMARTS) is 1. The number of carboxylic acids is 1. The number of rotatable bonds is 5. The van der Waals surface area contributed by atoms with Gasteiger partial charge in [-0.1, -0.05) is 18.2 Å². The number of amides is 1. The van der Waals surface area contributed by atoms with Gasteiger partial charge < -0.3 is 19.6 Å². The second-order valence-electron chi connectivity index (χ2n) is 6.17. The van der Waals surface area contributed by atoms with Gasteiger partial charge in [-0.2, -0.15) is 0 Å². The summed E-state index contributed by atoms with van der Waals surface area (Å²) in [6, 6.07) is 9.28. The van der Waals surface area contributed by atoms with Crippen LogP contribution < -0.4 is 5.32 Å². The highest BCUT2D eigenvalue weighted by Crippen LogP contribution is 2.30. The van der Waals surface area contributed by atoms with E-state index in [2.05, 4.69) is 10.3 Å². The highest BCUT2D eigenvalue weighted by molar-refractivity contribution is 5.94. The standard InChI is InChI=1S/C18H20N2O5/c1-12-14(20-16(25-12)13-5-3-2-4-6-13)15(21)19-11-18(17(22)23)7-9-24-10-8-18/h2-6H,7-11H2,1H3,(H,19,21)(H,22,23). The maximum atomic E-state index is 12.5. The molecule has 1 aliphatic heterocycles. The van der Waals surface area contributed by atoms with Crippen molar-refractivity contribution < 1.29 is 23.8 Å². The Kier molecular flexibility index (Phi) is 4.85. The van der Waals surface area contributed by atoms with Gasteiger partial charge in [0.2, 0.25) is 5.89 Å². The van der Waals surface area contributed by atoms with Gasteiger partial charge in [0, 0.05) is 25.3 Å². The van der Waals surface area contributed by atoms with Gasteiger partial charge in [0.1, 0.15) is 5.76 Å². The number of aryl methyl sites for hydroxylation is 1. The zero-order valence-electron chi connectivity index (χ0n) is 13.9. The molecule has 1 aromatic heterocycles. The van der Waals surface area contributed by atoms with Crippen molar-refractivity contribution in [2.75, 3.05) is 19.8 Å². The van der Waals surface area contributed by atoms with E-state index in [0.29, 0.717) is 37.7 Å². The minimum atomic E-state index is -0.992. The summed E-state index contributed by atoms with van der Waals surface area (Å²) >= 11 is 0. The Morgan fingerprint density at radius 3 is 2.56 bits per heavy atom. The summed E-state index contributed by atoms with van der Waals surface area (Å²) in [7, 11) is 0. The van der Waals surface area contributed by atoms with Gasteiger partial charge in [-0.05, 0) is 31.9 Å². The molecule has 1 amide bonds. The van der Waals surface area contributed by atoms with E-state index in [1.807, 2.05) is 30.3 Å². The van der Waals surface area contributed by atoms with Crippen molar-refractivity contribution in [2.24, 2.45) is 5.41 Å². The summed E-state index contributed by atoms with van der Waals surface area (Å²) in [4.78, 5) is 28.4. The fourth-order valence-electron chi connectivity index (χ4n) is 2.87. The number of carbonyl (C=O) groups is 2. The van der Waals surface area contributed by atoms with E-state index in [0.717, 1.165) is 5.56 Å². The molecule has 25 heavy (non-hydrogen) atoms. The summed E-state index contributed by atoms with van der Waals surface area (Å²) in [6.45, 7) is 2.46. The van der Waals surface area contributed by atoms with Crippen LogP contribution in [0.15, 0.2) is 34.7 Å². The molecular formula is C18H20N2O5. The lowest BCUT2D eigenvalue weighted by Crippen LogP contribution is -2.46. The van der Waals surface area contributed by atoms with E-state index in [1.165, 1.54) is 0 Å². The third-order valence-corrected chi connectivity index (χ3v) is 4.52. The Bertz CT molecular complexity index is 763. The minimum absolute atomic E-state index is 0.0392. The molecule has 2 aromatic rings. The summed E-state index contributed by atoms with van der Waals surface area (Å²) < 4.78 is 10.8. The quantitative estimate of drug-likeness (QED) is 0.863. The van der Waals surface area contributed by atoms with Crippen LogP contribution in [-0.2, 0) is 9.53 Å². The fraction of sp³-hybridized carbons (Fsp3) is 0.389. The molecule has 0 spiro atoms. The van der Waals surface area contributed by atoms with Crippen LogP contribution in [0.5, 0.6) is 0 Å². The van der Waals surface area contributed by atoms with Crippen molar-refractivity contribution in [1.82, 2.24) is 10.3 Å². The van der Waals surface area contributed by atoms with Gasteiger partial charge in [-0.25, -0.2) is 4.98 Å². The van der Waals surface area contributed by atoms with Crippen LogP contribution in [0.1, 0.15) is 29.1 Å². The third kappa shape index (κ3) is 3.56. The van der Waals surface area contributed by atoms with E-state index < -0.39 is 17.3 Å². The molecule has 1 aromatic carbocycles. The number of ether oxygens (including phenoxy) is 1. The molecule has 132 valence electrons. The van der Waals surface area contributed by atoms with Crippen molar-refractivity contribution in [3.8, 4) is 11.5 Å². The lowest BCUT2D eigenvalue weighted by atomic mass is 9.80. The van der Waals surface area contributed by atoms with Gasteiger partial charge in [-0.3, -0.25) is 9.59 Å². The van der Waals surface area contributed by atoms with E-state index in [1.54, 1.807) is 6.92 Å². The molecule has 0 bridgehead atoms. The number of hydrogen-bond donors (Lipinski definition) is 2. The van der Waals surface area contributed by atoms with E-state index >= 15 is 0 Å². The molecule has 0 saturated carbocycles. The van der Waals surface area contributed by atoms with Crippen molar-refractivity contribution in [3.05, 3.63) is 41.8 Å². The summed E-state index contributed by atoms with van der Waals surface area (Å²) in [6.07, 6.45) is 0.741. The molecule has 0 aliphatic carbocycles. The van der Waals surface area contributed by atoms with Crippen molar-refractivity contribution in [2.45, 2.75) is 19.8 Å². The monoisotopic (exact) mass is 344 g/mol. The maximum Gasteiger partial charge on any atom is 0.311 e. The third-order valence-electron chi connectivity index (χ3n) is 4.52. The first-order chi connectivity index (χ1) is 12.0. The predicted molar refractivity (Wildman–Crippen MR) is 89.1 cm³/mol. The SMILES string of the molecule is Cc1oc(-c2ccccc2)nc1C(=O)NCC1(C(=O)O)CCOCC1. The maximum absolute atomic E-state index is 12.5. The molecule has 7 nitrogen and oxygen atoms in total. The lowest BCUT2D eigenvalue weighted by molar-refractivity contribution is -0.154. The summed E-state index contributed by atoms with van der Waals surface area (Å²) in [5, 5.41) is 12.2. The average Bonchev–Trinajstić information content (AvgIpc) is 3.03. The highest BCUT2D eigenvalue weighted by atomic mass is 16.5. The van der Waals surface area contributed by atoms with E-state index in [4.69, 9.17) is 9.15 Å². The fourth-order valence-corrected chi connectivity index (χ4v) is 2.87. The molecule has 3 rings (SSSR count). The number of nitrogens with one attached hydrogen (secondary N) is 1. The Labute approximate surface area is 145 Å². The first-order valence-electron chi connectivity index (χ1n) is 8.14. The largest absolute Gasteiger partial charge is 0.481 e. The molecular weight excluding hydrogens is 324 g/mol. The minimum Gasteiger partial charge on any atom is -0.481 e. The second kappa shape index (κ2) is 7.06. The molecule has 2 heterocycles. The number of aliphatic carboxylic acids is 1. The second-order valence-corrected chi connectivity index (χ2v) is 6.17. The molecule has 0 atom stereocenters. The van der Waals surface area contributed by atoms with Crippen LogP contribution >= 0.6 is 0 Å². The van der Waals surface area contributed by atoms with Crippen molar-refractivity contribution >= 4 is 11.9 Å². The van der Waals surface area contributed by atoms with Gasteiger partial charge in [0.25, 0.3) is 5.91 Å². The number of aromatic nitrogens is 1. The normalized spacial score (nSPS) is 16.4. The van der Waals surface area contributed by atoms with Crippen molar-refractivity contribution in [3.63, 3.8) is 0 Å². The molecule has 2 N–H and O–H groups in total. The first-order valence-corrected chi connectivity index (χ1v) is 8.14. The average molecular weight is 344 g/mol. The zero-order valence-corrected chi connectivity index (χ0v) is 13.9. The van der Waals surface area contributed by atoms with E-state index in [-0.39, 0.29) is 12.2 Å². The smallest absolute Gasteiger partial charge is 0.311 e. The van der Waals surface area contributed by atoms with Crippen molar-refractivity contribution in [1.29, 1.82) is 0 Å². The first kappa shape index (κ1) is 17.2. The Morgan fingerprint density at radius 2 is 1.92 bits per heavy atom. The van der Waals surface area contributed by atoms with Gasteiger partial charge in [-0.15, -0.1) is 0 Å². The molecule has 1 aliphatic rings. The topological polar surface area (TPSA) is 102 Å². The number of nitrogens with zero attached hydrogens (tertiary/aromatic N) is 1. The molecule has 0 radical (unpaired) electrons. The Hall–Kier alpha value is -2.67. The van der Waals surface area contributed by atoms with Gasteiger partial charge in [0.05, 0.1) is 5.41 Å². The lowest BCUT2D eigenvalue weighted by Gasteiger charge is -2.32. The number of benzene rings is 1. The molecule has 1 fully saturated rings. The van der Waals surface area contributed by atoms with Gasteiger partial charge >= 0.3 is 5.97 Å². The predicted octanol–water partition coefficient (Wildman–Crippen LogP) is 2.26. The Morgan fingerprint density at radius 1 is 1.24 bits per heavy atom. The Balaban J connectivity index is 1.73. The number of hydrogen-bond acceptors (Lipinski definition) is 5. The van der Waals surface area contributed by atoms with E-state index in [9.17, 15) is 14.7 Å². The highest BCUT2D eigenvalue weighted by Gasteiger charge is 2.40. The number of carbonyl (C=O) groups excluding carboxylic acids is 1. The molecule has 1 saturated heterocycles. The number of oxazole rings is 1. The van der Waals surface area contributed by atoms with Crippen LogP contribution in [0, 0.1) is 12.3 Å². The summed E-state index contributed by atoms with van der Waals surface area (Å²) in [5.41, 5.74) is -0.0455. The van der Waals surface area contributed by atoms with Crippen LogP contribution in [0.3, 0.4) is 0 Å². The molecule has 0 unspecified atom stereocenters. The van der Waals surface area contributed by atoms with Gasteiger partial charge in [0.15, 0.2) is 5.69 Å². The zero-order chi connectivity index (χ0) is 17.9. The van der Waals surface area contributed by atoms with Crippen LogP contribution in [0.4, 0.5) is 0 Å². The summed E-state index contributed by atoms with van der Waals surface area (Å²) in [5.74, 6) is -0.594. The van der Waals surface area contributed by atoms with Crippen LogP contribution in [0.2, 0.25) is 0 Å².